The number of rotatable bonds is 5. The van der Waals surface area contributed by atoms with Crippen molar-refractivity contribution in [2.45, 2.75) is 58.5 Å². The first-order chi connectivity index (χ1) is 11.6. The Labute approximate surface area is 143 Å². The lowest BCUT2D eigenvalue weighted by molar-refractivity contribution is -0.122. The van der Waals surface area contributed by atoms with Gasteiger partial charge in [0.05, 0.1) is 0 Å². The van der Waals surface area contributed by atoms with Crippen LogP contribution in [0.3, 0.4) is 0 Å². The van der Waals surface area contributed by atoms with E-state index in [9.17, 15) is 9.59 Å². The molecule has 4 nitrogen and oxygen atoms in total. The summed E-state index contributed by atoms with van der Waals surface area (Å²) in [5.74, 6) is 0.360. The third kappa shape index (κ3) is 3.53. The topological polar surface area (TPSA) is 51.1 Å². The summed E-state index contributed by atoms with van der Waals surface area (Å²) in [6.45, 7) is 4.14. The molecule has 0 bridgehead atoms. The molecule has 1 aromatic heterocycles. The summed E-state index contributed by atoms with van der Waals surface area (Å²) in [6, 6.07) is 7.99. The molecule has 128 valence electrons. The Morgan fingerprint density at radius 1 is 1.17 bits per heavy atom. The number of carbonyl (C=O) groups is 2. The third-order valence-corrected chi connectivity index (χ3v) is 4.79. The molecule has 24 heavy (non-hydrogen) atoms. The Kier molecular flexibility index (Phi) is 5.03. The van der Waals surface area contributed by atoms with Crippen LogP contribution in [0.25, 0.3) is 10.9 Å². The van der Waals surface area contributed by atoms with Crippen LogP contribution in [-0.2, 0) is 11.3 Å². The fourth-order valence-corrected chi connectivity index (χ4v) is 3.68. The fourth-order valence-electron chi connectivity index (χ4n) is 3.68. The van der Waals surface area contributed by atoms with Gasteiger partial charge in [-0.2, -0.15) is 0 Å². The summed E-state index contributed by atoms with van der Waals surface area (Å²) in [6.07, 6.45) is 7.39. The van der Waals surface area contributed by atoms with Crippen LogP contribution in [0, 0.1) is 5.92 Å². The van der Waals surface area contributed by atoms with Crippen molar-refractivity contribution in [1.29, 1.82) is 0 Å². The molecule has 1 amide bonds. The molecule has 1 aromatic carbocycles. The van der Waals surface area contributed by atoms with Crippen LogP contribution in [0.1, 0.15) is 56.3 Å². The molecular formula is C20H26N2O2. The Hall–Kier alpha value is -2.10. The number of aromatic nitrogens is 1. The van der Waals surface area contributed by atoms with Gasteiger partial charge in [-0.3, -0.25) is 9.59 Å². The van der Waals surface area contributed by atoms with Crippen molar-refractivity contribution in [3.05, 3.63) is 36.0 Å². The van der Waals surface area contributed by atoms with E-state index < -0.39 is 0 Å². The average Bonchev–Trinajstić information content (AvgIpc) is 2.93. The van der Waals surface area contributed by atoms with Gasteiger partial charge in [0.15, 0.2) is 5.78 Å². The number of hydrogen-bond acceptors (Lipinski definition) is 2. The number of nitrogens with one attached hydrogen (secondary N) is 1. The normalized spacial score (nSPS) is 15.8. The number of amides is 1. The van der Waals surface area contributed by atoms with E-state index in [1.807, 2.05) is 48.9 Å². The zero-order chi connectivity index (χ0) is 17.1. The molecule has 0 unspecified atom stereocenters. The Bertz CT molecular complexity index is 739. The SMILES string of the molecule is CC(C)NC(=O)Cn1cc(C(=O)C2CCCCC2)c2ccccc21. The lowest BCUT2D eigenvalue weighted by Gasteiger charge is -2.19. The van der Waals surface area contributed by atoms with E-state index in [1.165, 1.54) is 6.42 Å². The number of para-hydroxylation sites is 1. The zero-order valence-corrected chi connectivity index (χ0v) is 14.5. The monoisotopic (exact) mass is 326 g/mol. The van der Waals surface area contributed by atoms with E-state index in [1.54, 1.807) is 0 Å². The minimum atomic E-state index is -0.0255. The summed E-state index contributed by atoms with van der Waals surface area (Å²) in [4.78, 5) is 25.1. The molecule has 0 atom stereocenters. The van der Waals surface area contributed by atoms with Crippen molar-refractivity contribution in [2.75, 3.05) is 0 Å². The molecule has 4 heteroatoms. The third-order valence-electron chi connectivity index (χ3n) is 4.79. The summed E-state index contributed by atoms with van der Waals surface area (Å²) in [7, 11) is 0. The highest BCUT2D eigenvalue weighted by molar-refractivity contribution is 6.09. The number of hydrogen-bond donors (Lipinski definition) is 1. The molecule has 1 saturated carbocycles. The number of benzene rings is 1. The minimum absolute atomic E-state index is 0.0255. The van der Waals surface area contributed by atoms with Gasteiger partial charge in [0.1, 0.15) is 6.54 Å². The molecule has 2 aromatic rings. The number of fused-ring (bicyclic) bond motifs is 1. The van der Waals surface area contributed by atoms with E-state index in [0.29, 0.717) is 0 Å². The van der Waals surface area contributed by atoms with Crippen molar-refractivity contribution < 1.29 is 9.59 Å². The molecule has 0 saturated heterocycles. The predicted molar refractivity (Wildman–Crippen MR) is 96.1 cm³/mol. The molecule has 3 rings (SSSR count). The van der Waals surface area contributed by atoms with E-state index >= 15 is 0 Å². The van der Waals surface area contributed by atoms with Crippen molar-refractivity contribution >= 4 is 22.6 Å². The van der Waals surface area contributed by atoms with Gasteiger partial charge in [0.25, 0.3) is 0 Å². The smallest absolute Gasteiger partial charge is 0.240 e. The van der Waals surface area contributed by atoms with Gasteiger partial charge in [-0.25, -0.2) is 0 Å². The van der Waals surface area contributed by atoms with Crippen LogP contribution < -0.4 is 5.32 Å². The highest BCUT2D eigenvalue weighted by atomic mass is 16.2. The van der Waals surface area contributed by atoms with E-state index in [2.05, 4.69) is 5.32 Å². The lowest BCUT2D eigenvalue weighted by atomic mass is 9.84. The van der Waals surface area contributed by atoms with Gasteiger partial charge in [-0.05, 0) is 32.8 Å². The lowest BCUT2D eigenvalue weighted by Crippen LogP contribution is -2.32. The largest absolute Gasteiger partial charge is 0.352 e. The van der Waals surface area contributed by atoms with Crippen molar-refractivity contribution in [3.8, 4) is 0 Å². The number of ketones is 1. The Morgan fingerprint density at radius 2 is 1.88 bits per heavy atom. The van der Waals surface area contributed by atoms with Gasteiger partial charge in [-0.1, -0.05) is 37.5 Å². The van der Waals surface area contributed by atoms with E-state index in [4.69, 9.17) is 0 Å². The number of Topliss-reactive ketones (excluding diaryl/α,β-unsaturated/α-hetero) is 1. The van der Waals surface area contributed by atoms with Crippen LogP contribution in [0.2, 0.25) is 0 Å². The maximum Gasteiger partial charge on any atom is 0.240 e. The van der Waals surface area contributed by atoms with Crippen molar-refractivity contribution in [3.63, 3.8) is 0 Å². The summed E-state index contributed by atoms with van der Waals surface area (Å²) < 4.78 is 1.91. The first-order valence-corrected chi connectivity index (χ1v) is 8.97. The van der Waals surface area contributed by atoms with E-state index in [-0.39, 0.29) is 30.2 Å². The van der Waals surface area contributed by atoms with Gasteiger partial charge < -0.3 is 9.88 Å². The maximum atomic E-state index is 13.0. The molecule has 1 fully saturated rings. The first-order valence-electron chi connectivity index (χ1n) is 8.97. The predicted octanol–water partition coefficient (Wildman–Crippen LogP) is 3.93. The van der Waals surface area contributed by atoms with Crippen LogP contribution in [0.4, 0.5) is 0 Å². The second kappa shape index (κ2) is 7.20. The molecule has 1 heterocycles. The minimum Gasteiger partial charge on any atom is -0.352 e. The standard InChI is InChI=1S/C20H26N2O2/c1-14(2)21-19(23)13-22-12-17(16-10-6-7-11-18(16)22)20(24)15-8-4-3-5-9-15/h6-7,10-12,14-15H,3-5,8-9,13H2,1-2H3,(H,21,23). The van der Waals surface area contributed by atoms with Crippen LogP contribution in [0.5, 0.6) is 0 Å². The second-order valence-electron chi connectivity index (χ2n) is 7.11. The van der Waals surface area contributed by atoms with E-state index in [0.717, 1.165) is 42.1 Å². The Balaban J connectivity index is 1.91. The quantitative estimate of drug-likeness (QED) is 0.846. The van der Waals surface area contributed by atoms with Crippen LogP contribution in [0.15, 0.2) is 30.5 Å². The van der Waals surface area contributed by atoms with Gasteiger partial charge >= 0.3 is 0 Å². The van der Waals surface area contributed by atoms with Crippen LogP contribution >= 0.6 is 0 Å². The Morgan fingerprint density at radius 3 is 2.58 bits per heavy atom. The maximum absolute atomic E-state index is 13.0. The molecule has 0 spiro atoms. The summed E-state index contributed by atoms with van der Waals surface area (Å²) in [5, 5.41) is 3.88. The van der Waals surface area contributed by atoms with Crippen molar-refractivity contribution in [1.82, 2.24) is 9.88 Å². The number of carbonyl (C=O) groups excluding carboxylic acids is 2. The van der Waals surface area contributed by atoms with Gasteiger partial charge in [0, 0.05) is 34.6 Å². The molecule has 0 radical (unpaired) electrons. The highest BCUT2D eigenvalue weighted by Crippen LogP contribution is 2.30. The number of nitrogens with zero attached hydrogens (tertiary/aromatic N) is 1. The molecule has 1 aliphatic carbocycles. The first kappa shape index (κ1) is 16.7. The molecule has 0 aliphatic heterocycles. The highest BCUT2D eigenvalue weighted by Gasteiger charge is 2.25. The zero-order valence-electron chi connectivity index (χ0n) is 14.5. The fraction of sp³-hybridized carbons (Fsp3) is 0.500. The van der Waals surface area contributed by atoms with Gasteiger partial charge in [0.2, 0.25) is 5.91 Å². The summed E-state index contributed by atoms with van der Waals surface area (Å²) in [5.41, 5.74) is 1.73. The van der Waals surface area contributed by atoms with Crippen molar-refractivity contribution in [2.24, 2.45) is 5.92 Å². The van der Waals surface area contributed by atoms with Crippen LogP contribution in [-0.4, -0.2) is 22.3 Å². The average molecular weight is 326 g/mol. The summed E-state index contributed by atoms with van der Waals surface area (Å²) >= 11 is 0. The molecular weight excluding hydrogens is 300 g/mol. The molecule has 1 aliphatic rings. The van der Waals surface area contributed by atoms with Gasteiger partial charge in [-0.15, -0.1) is 0 Å². The molecule has 1 N–H and O–H groups in total. The second-order valence-corrected chi connectivity index (χ2v) is 7.11.